The van der Waals surface area contributed by atoms with Crippen molar-refractivity contribution in [2.24, 2.45) is 5.73 Å². The minimum absolute atomic E-state index is 0.0102. The molecule has 1 saturated heterocycles. The van der Waals surface area contributed by atoms with Crippen LogP contribution in [0.2, 0.25) is 0 Å². The molecule has 1 aliphatic heterocycles. The Morgan fingerprint density at radius 2 is 1.52 bits per heavy atom. The fourth-order valence-corrected chi connectivity index (χ4v) is 2.95. The third-order valence-electron chi connectivity index (χ3n) is 4.30. The summed E-state index contributed by atoms with van der Waals surface area (Å²) in [6.07, 6.45) is 0.721. The lowest BCUT2D eigenvalue weighted by atomic mass is 10.1. The van der Waals surface area contributed by atoms with Gasteiger partial charge < -0.3 is 21.7 Å². The summed E-state index contributed by atoms with van der Waals surface area (Å²) in [5.74, 6) is 0. The highest BCUT2D eigenvalue weighted by molar-refractivity contribution is 5.33. The van der Waals surface area contributed by atoms with Crippen molar-refractivity contribution in [3.63, 3.8) is 0 Å². The minimum Gasteiger partial charge on any atom is -0.326 e. The van der Waals surface area contributed by atoms with E-state index in [2.05, 4.69) is 20.9 Å². The van der Waals surface area contributed by atoms with Gasteiger partial charge in [-0.15, -0.1) is 0 Å². The van der Waals surface area contributed by atoms with Crippen molar-refractivity contribution in [2.45, 2.75) is 12.5 Å². The fourth-order valence-electron chi connectivity index (χ4n) is 2.95. The van der Waals surface area contributed by atoms with E-state index in [0.29, 0.717) is 0 Å². The SMILES string of the molecule is NC(Cc1ccc([N+](=O)[O-])cc1)CN1CCNCCNCCNCC1. The molecule has 1 aromatic carbocycles. The van der Waals surface area contributed by atoms with Crippen LogP contribution in [0.1, 0.15) is 5.56 Å². The number of nitro benzene ring substituents is 1. The molecule has 1 aliphatic rings. The zero-order chi connectivity index (χ0) is 17.9. The number of nitro groups is 1. The number of rotatable bonds is 5. The second kappa shape index (κ2) is 11.1. The van der Waals surface area contributed by atoms with Crippen molar-refractivity contribution in [3.05, 3.63) is 39.9 Å². The van der Waals surface area contributed by atoms with Gasteiger partial charge in [-0.05, 0) is 12.0 Å². The molecule has 140 valence electrons. The Hall–Kier alpha value is -1.58. The first-order valence-electron chi connectivity index (χ1n) is 8.98. The standard InChI is InChI=1S/C17H30N6O2/c18-16(13-15-1-3-17(4-2-15)23(24)25)14-22-11-9-20-7-5-19-6-8-21-10-12-22/h1-4,16,19-21H,5-14,18H2. The monoisotopic (exact) mass is 350 g/mol. The molecule has 8 heteroatoms. The molecule has 1 aromatic rings. The first-order chi connectivity index (χ1) is 12.1. The fraction of sp³-hybridized carbons (Fsp3) is 0.647. The molecule has 25 heavy (non-hydrogen) atoms. The minimum atomic E-state index is -0.379. The van der Waals surface area contributed by atoms with Gasteiger partial charge in [-0.25, -0.2) is 0 Å². The molecule has 1 unspecified atom stereocenters. The maximum atomic E-state index is 10.7. The first kappa shape index (κ1) is 19.7. The average Bonchev–Trinajstić information content (AvgIpc) is 2.57. The molecule has 1 atom stereocenters. The van der Waals surface area contributed by atoms with Gasteiger partial charge >= 0.3 is 0 Å². The third-order valence-corrected chi connectivity index (χ3v) is 4.30. The summed E-state index contributed by atoms with van der Waals surface area (Å²) in [5.41, 5.74) is 7.48. The highest BCUT2D eigenvalue weighted by atomic mass is 16.6. The van der Waals surface area contributed by atoms with Gasteiger partial charge in [0.05, 0.1) is 4.92 Å². The van der Waals surface area contributed by atoms with Gasteiger partial charge in [0.2, 0.25) is 0 Å². The quantitative estimate of drug-likeness (QED) is 0.421. The summed E-state index contributed by atoms with van der Waals surface area (Å²) in [6, 6.07) is 6.69. The highest BCUT2D eigenvalue weighted by Crippen LogP contribution is 2.13. The van der Waals surface area contributed by atoms with E-state index in [1.807, 2.05) is 0 Å². The van der Waals surface area contributed by atoms with Crippen molar-refractivity contribution in [1.82, 2.24) is 20.9 Å². The lowest BCUT2D eigenvalue weighted by Gasteiger charge is -2.26. The number of nitrogens with zero attached hydrogens (tertiary/aromatic N) is 2. The van der Waals surface area contributed by atoms with Crippen molar-refractivity contribution in [2.75, 3.05) is 58.9 Å². The topological polar surface area (TPSA) is 108 Å². The Kier molecular flexibility index (Phi) is 8.78. The molecule has 0 aromatic heterocycles. The predicted octanol–water partition coefficient (Wildman–Crippen LogP) is -0.451. The lowest BCUT2D eigenvalue weighted by Crippen LogP contribution is -2.46. The van der Waals surface area contributed by atoms with Crippen LogP contribution in [0.25, 0.3) is 0 Å². The van der Waals surface area contributed by atoms with E-state index in [9.17, 15) is 10.1 Å². The summed E-state index contributed by atoms with van der Waals surface area (Å²) >= 11 is 0. The van der Waals surface area contributed by atoms with Crippen LogP contribution in [0.5, 0.6) is 0 Å². The van der Waals surface area contributed by atoms with E-state index >= 15 is 0 Å². The summed E-state index contributed by atoms with van der Waals surface area (Å²) in [5, 5.41) is 21.0. The van der Waals surface area contributed by atoms with Gasteiger partial charge in [0.25, 0.3) is 5.69 Å². The Balaban J connectivity index is 1.80. The molecule has 0 saturated carbocycles. The number of hydrogen-bond donors (Lipinski definition) is 4. The molecule has 8 nitrogen and oxygen atoms in total. The van der Waals surface area contributed by atoms with Crippen LogP contribution in [0, 0.1) is 10.1 Å². The maximum absolute atomic E-state index is 10.7. The molecule has 2 rings (SSSR count). The molecule has 0 aliphatic carbocycles. The molecular weight excluding hydrogens is 320 g/mol. The Morgan fingerprint density at radius 1 is 1.00 bits per heavy atom. The summed E-state index contributed by atoms with van der Waals surface area (Å²) in [6.45, 7) is 8.58. The third kappa shape index (κ3) is 7.89. The first-order valence-corrected chi connectivity index (χ1v) is 8.98. The molecule has 0 bridgehead atoms. The van der Waals surface area contributed by atoms with E-state index in [0.717, 1.165) is 70.9 Å². The molecular formula is C17H30N6O2. The summed E-state index contributed by atoms with van der Waals surface area (Å²) in [4.78, 5) is 12.7. The Labute approximate surface area is 149 Å². The predicted molar refractivity (Wildman–Crippen MR) is 99.8 cm³/mol. The Morgan fingerprint density at radius 3 is 2.04 bits per heavy atom. The van der Waals surface area contributed by atoms with E-state index in [1.165, 1.54) is 0 Å². The molecule has 1 fully saturated rings. The van der Waals surface area contributed by atoms with Gasteiger partial charge in [0.1, 0.15) is 0 Å². The molecule has 0 amide bonds. The van der Waals surface area contributed by atoms with Crippen molar-refractivity contribution in [3.8, 4) is 0 Å². The number of nitrogens with two attached hydrogens (primary N) is 1. The van der Waals surface area contributed by atoms with Crippen LogP contribution in [0.15, 0.2) is 24.3 Å². The Bertz CT molecular complexity index is 498. The van der Waals surface area contributed by atoms with E-state index in [-0.39, 0.29) is 16.7 Å². The number of benzene rings is 1. The number of hydrogen-bond acceptors (Lipinski definition) is 7. The zero-order valence-corrected chi connectivity index (χ0v) is 14.7. The van der Waals surface area contributed by atoms with Gasteiger partial charge in [-0.2, -0.15) is 0 Å². The van der Waals surface area contributed by atoms with Gasteiger partial charge in [0, 0.05) is 77.1 Å². The van der Waals surface area contributed by atoms with Crippen LogP contribution < -0.4 is 21.7 Å². The smallest absolute Gasteiger partial charge is 0.269 e. The van der Waals surface area contributed by atoms with Crippen molar-refractivity contribution in [1.29, 1.82) is 0 Å². The number of nitrogens with one attached hydrogen (secondary N) is 3. The van der Waals surface area contributed by atoms with E-state index < -0.39 is 0 Å². The maximum Gasteiger partial charge on any atom is 0.269 e. The van der Waals surface area contributed by atoms with Gasteiger partial charge in [0.15, 0.2) is 0 Å². The number of non-ortho nitro benzene ring substituents is 1. The van der Waals surface area contributed by atoms with Crippen LogP contribution in [0.4, 0.5) is 5.69 Å². The highest BCUT2D eigenvalue weighted by Gasteiger charge is 2.12. The second-order valence-corrected chi connectivity index (χ2v) is 6.44. The lowest BCUT2D eigenvalue weighted by molar-refractivity contribution is -0.384. The zero-order valence-electron chi connectivity index (χ0n) is 14.7. The molecule has 0 spiro atoms. The van der Waals surface area contributed by atoms with Crippen molar-refractivity contribution < 1.29 is 4.92 Å². The summed E-state index contributed by atoms with van der Waals surface area (Å²) in [7, 11) is 0. The largest absolute Gasteiger partial charge is 0.326 e. The van der Waals surface area contributed by atoms with Crippen LogP contribution in [-0.2, 0) is 6.42 Å². The molecule has 1 heterocycles. The second-order valence-electron chi connectivity index (χ2n) is 6.44. The van der Waals surface area contributed by atoms with E-state index in [1.54, 1.807) is 24.3 Å². The van der Waals surface area contributed by atoms with Crippen LogP contribution in [0.3, 0.4) is 0 Å². The van der Waals surface area contributed by atoms with Gasteiger partial charge in [-0.1, -0.05) is 12.1 Å². The van der Waals surface area contributed by atoms with E-state index in [4.69, 9.17) is 5.73 Å². The molecule has 0 radical (unpaired) electrons. The summed E-state index contributed by atoms with van der Waals surface area (Å²) < 4.78 is 0. The van der Waals surface area contributed by atoms with Gasteiger partial charge in [-0.3, -0.25) is 15.0 Å². The van der Waals surface area contributed by atoms with Crippen LogP contribution >= 0.6 is 0 Å². The average molecular weight is 350 g/mol. The molecule has 5 N–H and O–H groups in total. The van der Waals surface area contributed by atoms with Crippen LogP contribution in [-0.4, -0.2) is 74.8 Å². The normalized spacial score (nSPS) is 19.6. The van der Waals surface area contributed by atoms with Crippen molar-refractivity contribution >= 4 is 5.69 Å².